The molecule has 2 aromatic rings. The topological polar surface area (TPSA) is 66.4 Å². The summed E-state index contributed by atoms with van der Waals surface area (Å²) in [4.78, 5) is 0. The van der Waals surface area contributed by atoms with E-state index in [0.29, 0.717) is 19.8 Å². The zero-order chi connectivity index (χ0) is 27.3. The second kappa shape index (κ2) is 15.5. The van der Waals surface area contributed by atoms with Crippen LogP contribution in [0.5, 0.6) is 0 Å². The lowest BCUT2D eigenvalue weighted by Crippen LogP contribution is -2.51. The van der Waals surface area contributed by atoms with Gasteiger partial charge < -0.3 is 28.5 Å². The minimum atomic E-state index is -2.09. The Morgan fingerprint density at radius 3 is 1.89 bits per heavy atom. The average molecular weight is 531 g/mol. The van der Waals surface area contributed by atoms with Crippen molar-refractivity contribution in [2.75, 3.05) is 20.5 Å². The van der Waals surface area contributed by atoms with E-state index in [1.807, 2.05) is 79.7 Å². The van der Waals surface area contributed by atoms with Gasteiger partial charge in [0.25, 0.3) is 0 Å². The molecular formula is C30H46O6Si. The van der Waals surface area contributed by atoms with Crippen molar-refractivity contribution in [2.24, 2.45) is 0 Å². The predicted molar refractivity (Wildman–Crippen MR) is 151 cm³/mol. The monoisotopic (exact) mass is 530 g/mol. The molecular weight excluding hydrogens is 484 g/mol. The normalized spacial score (nSPS) is 16.0. The van der Waals surface area contributed by atoms with Crippen LogP contribution in [0.15, 0.2) is 72.8 Å². The number of ether oxygens (including phenoxy) is 4. The van der Waals surface area contributed by atoms with Crippen molar-refractivity contribution in [3.63, 3.8) is 0 Å². The zero-order valence-electron chi connectivity index (χ0n) is 23.6. The number of rotatable bonds is 16. The van der Waals surface area contributed by atoms with E-state index in [9.17, 15) is 5.11 Å². The second-order valence-corrected chi connectivity index (χ2v) is 15.5. The summed E-state index contributed by atoms with van der Waals surface area (Å²) in [5.41, 5.74) is 2.05. The SMILES string of the molecule is C/C=C/[C@H](OCOC)[C@H](O)[C@H](OCc1ccccc1)[C@H](CO[Si](C)(C)C(C)(C)C)OCc1ccccc1. The van der Waals surface area contributed by atoms with Crippen LogP contribution < -0.4 is 0 Å². The third-order valence-corrected chi connectivity index (χ3v) is 11.3. The summed E-state index contributed by atoms with van der Waals surface area (Å²) in [6.45, 7) is 14.0. The van der Waals surface area contributed by atoms with Gasteiger partial charge in [-0.25, -0.2) is 0 Å². The van der Waals surface area contributed by atoms with Gasteiger partial charge in [-0.1, -0.05) is 93.6 Å². The molecule has 2 aromatic carbocycles. The van der Waals surface area contributed by atoms with Gasteiger partial charge in [0.15, 0.2) is 8.32 Å². The fraction of sp³-hybridized carbons (Fsp3) is 0.533. The molecule has 0 aliphatic carbocycles. The summed E-state index contributed by atoms with van der Waals surface area (Å²) < 4.78 is 30.4. The van der Waals surface area contributed by atoms with Crippen molar-refractivity contribution in [3.8, 4) is 0 Å². The van der Waals surface area contributed by atoms with E-state index in [2.05, 4.69) is 33.9 Å². The maximum absolute atomic E-state index is 11.6. The lowest BCUT2D eigenvalue weighted by Gasteiger charge is -2.39. The minimum absolute atomic E-state index is 0.0328. The minimum Gasteiger partial charge on any atom is -0.414 e. The van der Waals surface area contributed by atoms with Crippen molar-refractivity contribution in [1.29, 1.82) is 0 Å². The summed E-state index contributed by atoms with van der Waals surface area (Å²) >= 11 is 0. The Morgan fingerprint density at radius 1 is 0.865 bits per heavy atom. The molecule has 7 heteroatoms. The first kappa shape index (κ1) is 31.4. The van der Waals surface area contributed by atoms with Gasteiger partial charge in [-0.3, -0.25) is 0 Å². The van der Waals surface area contributed by atoms with E-state index in [-0.39, 0.29) is 11.8 Å². The van der Waals surface area contributed by atoms with Crippen LogP contribution in [0.2, 0.25) is 18.1 Å². The van der Waals surface area contributed by atoms with Gasteiger partial charge in [0.2, 0.25) is 0 Å². The molecule has 1 N–H and O–H groups in total. The van der Waals surface area contributed by atoms with Crippen LogP contribution in [-0.4, -0.2) is 58.3 Å². The third kappa shape index (κ3) is 10.4. The van der Waals surface area contributed by atoms with Gasteiger partial charge in [0, 0.05) is 7.11 Å². The van der Waals surface area contributed by atoms with Crippen molar-refractivity contribution in [3.05, 3.63) is 83.9 Å². The third-order valence-electron chi connectivity index (χ3n) is 6.81. The van der Waals surface area contributed by atoms with E-state index < -0.39 is 32.7 Å². The zero-order valence-corrected chi connectivity index (χ0v) is 24.6. The summed E-state index contributed by atoms with van der Waals surface area (Å²) in [5.74, 6) is 0. The fourth-order valence-corrected chi connectivity index (χ4v) is 4.52. The average Bonchev–Trinajstić information content (AvgIpc) is 2.88. The molecule has 0 unspecified atom stereocenters. The molecule has 0 heterocycles. The molecule has 0 aromatic heterocycles. The number of hydrogen-bond acceptors (Lipinski definition) is 6. The molecule has 0 bridgehead atoms. The lowest BCUT2D eigenvalue weighted by atomic mass is 10.0. The second-order valence-electron chi connectivity index (χ2n) is 10.7. The molecule has 0 saturated heterocycles. The number of benzene rings is 2. The summed E-state index contributed by atoms with van der Waals surface area (Å²) in [5, 5.41) is 11.6. The van der Waals surface area contributed by atoms with E-state index in [4.69, 9.17) is 23.4 Å². The Bertz CT molecular complexity index is 897. The molecule has 0 saturated carbocycles. The molecule has 0 amide bonds. The summed E-state index contributed by atoms with van der Waals surface area (Å²) in [6.07, 6.45) is 0.758. The van der Waals surface area contributed by atoms with Crippen molar-refractivity contribution in [1.82, 2.24) is 0 Å². The highest BCUT2D eigenvalue weighted by atomic mass is 28.4. The molecule has 206 valence electrons. The van der Waals surface area contributed by atoms with Gasteiger partial charge >= 0.3 is 0 Å². The predicted octanol–water partition coefficient (Wildman–Crippen LogP) is 6.11. The Labute approximate surface area is 224 Å². The van der Waals surface area contributed by atoms with Crippen LogP contribution in [0.3, 0.4) is 0 Å². The number of methoxy groups -OCH3 is 1. The number of aliphatic hydroxyl groups excluding tert-OH is 1. The van der Waals surface area contributed by atoms with E-state index in [1.54, 1.807) is 7.11 Å². The van der Waals surface area contributed by atoms with Crippen LogP contribution in [-0.2, 0) is 36.6 Å². The highest BCUT2D eigenvalue weighted by Crippen LogP contribution is 2.37. The Morgan fingerprint density at radius 2 is 1.41 bits per heavy atom. The highest BCUT2D eigenvalue weighted by molar-refractivity contribution is 6.74. The first-order valence-electron chi connectivity index (χ1n) is 13.0. The molecule has 0 radical (unpaired) electrons. The van der Waals surface area contributed by atoms with E-state index in [0.717, 1.165) is 11.1 Å². The molecule has 0 aliphatic rings. The first-order chi connectivity index (χ1) is 17.6. The Hall–Kier alpha value is -1.84. The van der Waals surface area contributed by atoms with Crippen molar-refractivity contribution >= 4 is 8.32 Å². The maximum Gasteiger partial charge on any atom is 0.192 e. The molecule has 0 aliphatic heterocycles. The van der Waals surface area contributed by atoms with E-state index in [1.165, 1.54) is 0 Å². The van der Waals surface area contributed by atoms with Crippen molar-refractivity contribution in [2.45, 2.75) is 83.5 Å². The molecule has 37 heavy (non-hydrogen) atoms. The van der Waals surface area contributed by atoms with Crippen LogP contribution >= 0.6 is 0 Å². The number of aliphatic hydroxyl groups is 1. The quantitative estimate of drug-likeness (QED) is 0.161. The van der Waals surface area contributed by atoms with E-state index >= 15 is 0 Å². The van der Waals surface area contributed by atoms with Gasteiger partial charge in [-0.15, -0.1) is 0 Å². The Kier molecular flexibility index (Phi) is 13.2. The fourth-order valence-electron chi connectivity index (χ4n) is 3.51. The molecule has 4 atom stereocenters. The van der Waals surface area contributed by atoms with Crippen molar-refractivity contribution < 1.29 is 28.5 Å². The van der Waals surface area contributed by atoms with Crippen LogP contribution in [0, 0.1) is 0 Å². The smallest absolute Gasteiger partial charge is 0.192 e. The molecule has 2 rings (SSSR count). The number of allylic oxidation sites excluding steroid dienone is 1. The molecule has 0 spiro atoms. The van der Waals surface area contributed by atoms with Crippen LogP contribution in [0.1, 0.15) is 38.8 Å². The highest BCUT2D eigenvalue weighted by Gasteiger charge is 2.41. The number of hydrogen-bond donors (Lipinski definition) is 1. The molecule has 0 fully saturated rings. The first-order valence-corrected chi connectivity index (χ1v) is 15.9. The summed E-state index contributed by atoms with van der Waals surface area (Å²) in [7, 11) is -0.532. The standard InChI is InChI=1S/C30H46O6Si/c1-8-15-26(35-23-32-5)28(31)29(34-21-25-18-13-10-14-19-25)27(22-36-37(6,7)30(2,3)4)33-20-24-16-11-9-12-17-24/h8-19,26-29,31H,20-23H2,1-7H3/b15-8+/t26-,27-,28-,29+/m0/s1. The van der Waals surface area contributed by atoms with Gasteiger partial charge in [0.1, 0.15) is 31.2 Å². The molecule has 6 nitrogen and oxygen atoms in total. The van der Waals surface area contributed by atoms with Crippen LogP contribution in [0.4, 0.5) is 0 Å². The van der Waals surface area contributed by atoms with Crippen LogP contribution in [0.25, 0.3) is 0 Å². The summed E-state index contributed by atoms with van der Waals surface area (Å²) in [6, 6.07) is 19.9. The van der Waals surface area contributed by atoms with Gasteiger partial charge in [-0.05, 0) is 36.2 Å². The van der Waals surface area contributed by atoms with Gasteiger partial charge in [-0.2, -0.15) is 0 Å². The maximum atomic E-state index is 11.6. The van der Waals surface area contributed by atoms with Gasteiger partial charge in [0.05, 0.1) is 19.8 Å². The lowest BCUT2D eigenvalue weighted by molar-refractivity contribution is -0.178. The largest absolute Gasteiger partial charge is 0.414 e. The Balaban J connectivity index is 2.36.